The molecular formula is C19H22ClFN2O. The number of carbonyl (C=O) groups excluding carboxylic acids is 1. The predicted molar refractivity (Wildman–Crippen MR) is 96.8 cm³/mol. The molecule has 128 valence electrons. The molecule has 24 heavy (non-hydrogen) atoms. The molecule has 5 heteroatoms. The fraction of sp³-hybridized carbons (Fsp3) is 0.316. The van der Waals surface area contributed by atoms with Crippen molar-refractivity contribution in [3.8, 4) is 0 Å². The largest absolute Gasteiger partial charge is 0.399 e. The highest BCUT2D eigenvalue weighted by Gasteiger charge is 2.23. The highest BCUT2D eigenvalue weighted by molar-refractivity contribution is 5.95. The van der Waals surface area contributed by atoms with Gasteiger partial charge in [-0.25, -0.2) is 4.39 Å². The van der Waals surface area contributed by atoms with Gasteiger partial charge in [-0.05, 0) is 61.1 Å². The van der Waals surface area contributed by atoms with E-state index in [1.54, 1.807) is 36.4 Å². The van der Waals surface area contributed by atoms with Crippen LogP contribution in [0.2, 0.25) is 0 Å². The lowest BCUT2D eigenvalue weighted by Crippen LogP contribution is -2.38. The summed E-state index contributed by atoms with van der Waals surface area (Å²) in [5.74, 6) is 0.361. The molecule has 0 aliphatic carbocycles. The molecule has 2 N–H and O–H groups in total. The van der Waals surface area contributed by atoms with Crippen LogP contribution >= 0.6 is 12.4 Å². The van der Waals surface area contributed by atoms with Crippen LogP contribution in [-0.4, -0.2) is 23.9 Å². The van der Waals surface area contributed by atoms with Crippen molar-refractivity contribution in [2.24, 2.45) is 5.92 Å². The molecule has 1 amide bonds. The van der Waals surface area contributed by atoms with Crippen LogP contribution in [0.4, 0.5) is 10.1 Å². The topological polar surface area (TPSA) is 46.3 Å². The number of hydrogen-bond acceptors (Lipinski definition) is 2. The van der Waals surface area contributed by atoms with Gasteiger partial charge in [0.1, 0.15) is 5.82 Å². The maximum Gasteiger partial charge on any atom is 0.253 e. The first-order valence-electron chi connectivity index (χ1n) is 8.01. The van der Waals surface area contributed by atoms with Gasteiger partial charge in [-0.2, -0.15) is 0 Å². The molecule has 2 aromatic carbocycles. The third kappa shape index (κ3) is 4.48. The van der Waals surface area contributed by atoms with Crippen molar-refractivity contribution < 1.29 is 9.18 Å². The summed E-state index contributed by atoms with van der Waals surface area (Å²) < 4.78 is 13.2. The standard InChI is InChI=1S/C19H21FN2O.ClH/c20-17-5-1-3-15(12-17)11-14-7-9-22(10-8-14)19(23)16-4-2-6-18(21)13-16;/h1-6,12-14H,7-11,21H2;1H. The third-order valence-electron chi connectivity index (χ3n) is 4.45. The molecule has 0 atom stereocenters. The number of piperidine rings is 1. The first-order chi connectivity index (χ1) is 11.1. The van der Waals surface area contributed by atoms with Crippen LogP contribution in [0, 0.1) is 11.7 Å². The molecule has 3 rings (SSSR count). The zero-order valence-corrected chi connectivity index (χ0v) is 14.3. The lowest BCUT2D eigenvalue weighted by Gasteiger charge is -2.32. The summed E-state index contributed by atoms with van der Waals surface area (Å²) in [5, 5.41) is 0. The van der Waals surface area contributed by atoms with Crippen LogP contribution < -0.4 is 5.73 Å². The summed E-state index contributed by atoms with van der Waals surface area (Å²) in [6.45, 7) is 1.49. The number of benzene rings is 2. The van der Waals surface area contributed by atoms with Crippen LogP contribution in [0.15, 0.2) is 48.5 Å². The van der Waals surface area contributed by atoms with Gasteiger partial charge in [-0.1, -0.05) is 18.2 Å². The molecule has 1 saturated heterocycles. The van der Waals surface area contributed by atoms with Gasteiger partial charge in [0.25, 0.3) is 5.91 Å². The first kappa shape index (κ1) is 18.3. The van der Waals surface area contributed by atoms with Gasteiger partial charge in [0.05, 0.1) is 0 Å². The number of nitrogens with zero attached hydrogens (tertiary/aromatic N) is 1. The molecule has 1 aliphatic rings. The predicted octanol–water partition coefficient (Wildman–Crippen LogP) is 3.92. The number of nitrogens with two attached hydrogens (primary N) is 1. The molecule has 1 fully saturated rings. The van der Waals surface area contributed by atoms with Crippen molar-refractivity contribution in [3.05, 3.63) is 65.5 Å². The summed E-state index contributed by atoms with van der Waals surface area (Å²) in [6.07, 6.45) is 2.77. The second kappa shape index (κ2) is 8.15. The van der Waals surface area contributed by atoms with Crippen molar-refractivity contribution >= 4 is 24.0 Å². The van der Waals surface area contributed by atoms with Gasteiger partial charge < -0.3 is 10.6 Å². The smallest absolute Gasteiger partial charge is 0.253 e. The number of anilines is 1. The number of halogens is 2. The van der Waals surface area contributed by atoms with Crippen LogP contribution in [0.25, 0.3) is 0 Å². The van der Waals surface area contributed by atoms with E-state index in [1.807, 2.05) is 11.0 Å². The summed E-state index contributed by atoms with van der Waals surface area (Å²) in [5.41, 5.74) is 8.03. The van der Waals surface area contributed by atoms with E-state index in [4.69, 9.17) is 5.73 Å². The maximum atomic E-state index is 13.2. The fourth-order valence-electron chi connectivity index (χ4n) is 3.19. The van der Waals surface area contributed by atoms with E-state index in [0.29, 0.717) is 17.2 Å². The van der Waals surface area contributed by atoms with E-state index < -0.39 is 0 Å². The number of rotatable bonds is 3. The van der Waals surface area contributed by atoms with Gasteiger partial charge in [0, 0.05) is 24.3 Å². The molecule has 1 heterocycles. The molecule has 0 spiro atoms. The van der Waals surface area contributed by atoms with Gasteiger partial charge in [-0.3, -0.25) is 4.79 Å². The molecular weight excluding hydrogens is 327 g/mol. The normalized spacial score (nSPS) is 15.0. The quantitative estimate of drug-likeness (QED) is 0.854. The van der Waals surface area contributed by atoms with E-state index in [1.165, 1.54) is 6.07 Å². The number of amides is 1. The SMILES string of the molecule is Cl.Nc1cccc(C(=O)N2CCC(Cc3cccc(F)c3)CC2)c1. The Morgan fingerprint density at radius 1 is 1.12 bits per heavy atom. The average molecular weight is 349 g/mol. The molecule has 0 bridgehead atoms. The van der Waals surface area contributed by atoms with E-state index in [9.17, 15) is 9.18 Å². The Morgan fingerprint density at radius 2 is 1.83 bits per heavy atom. The highest BCUT2D eigenvalue weighted by Crippen LogP contribution is 2.23. The summed E-state index contributed by atoms with van der Waals surface area (Å²) in [6, 6.07) is 13.9. The van der Waals surface area contributed by atoms with Crippen LogP contribution in [0.5, 0.6) is 0 Å². The Hall–Kier alpha value is -2.07. The van der Waals surface area contributed by atoms with Crippen molar-refractivity contribution in [1.82, 2.24) is 4.90 Å². The average Bonchev–Trinajstić information content (AvgIpc) is 2.55. The van der Waals surface area contributed by atoms with Crippen molar-refractivity contribution in [3.63, 3.8) is 0 Å². The summed E-state index contributed by atoms with van der Waals surface area (Å²) in [7, 11) is 0. The minimum absolute atomic E-state index is 0. The second-order valence-electron chi connectivity index (χ2n) is 6.20. The first-order valence-corrected chi connectivity index (χ1v) is 8.01. The Labute approximate surface area is 148 Å². The van der Waals surface area contributed by atoms with Crippen molar-refractivity contribution in [2.75, 3.05) is 18.8 Å². The fourth-order valence-corrected chi connectivity index (χ4v) is 3.19. The van der Waals surface area contributed by atoms with Gasteiger partial charge in [0.2, 0.25) is 0 Å². The van der Waals surface area contributed by atoms with E-state index in [0.717, 1.165) is 37.9 Å². The third-order valence-corrected chi connectivity index (χ3v) is 4.45. The minimum Gasteiger partial charge on any atom is -0.399 e. The maximum absolute atomic E-state index is 13.2. The van der Waals surface area contributed by atoms with Crippen LogP contribution in [-0.2, 0) is 6.42 Å². The van der Waals surface area contributed by atoms with E-state index >= 15 is 0 Å². The lowest BCUT2D eigenvalue weighted by molar-refractivity contribution is 0.0690. The van der Waals surface area contributed by atoms with Crippen LogP contribution in [0.3, 0.4) is 0 Å². The molecule has 2 aromatic rings. The number of likely N-dealkylation sites (tertiary alicyclic amines) is 1. The number of nitrogen functional groups attached to an aromatic ring is 1. The lowest BCUT2D eigenvalue weighted by atomic mass is 9.90. The summed E-state index contributed by atoms with van der Waals surface area (Å²) in [4.78, 5) is 14.4. The van der Waals surface area contributed by atoms with Gasteiger partial charge in [-0.15, -0.1) is 12.4 Å². The van der Waals surface area contributed by atoms with Crippen molar-refractivity contribution in [1.29, 1.82) is 0 Å². The number of carbonyl (C=O) groups is 1. The highest BCUT2D eigenvalue weighted by atomic mass is 35.5. The van der Waals surface area contributed by atoms with Crippen molar-refractivity contribution in [2.45, 2.75) is 19.3 Å². The molecule has 1 aliphatic heterocycles. The van der Waals surface area contributed by atoms with E-state index in [2.05, 4.69) is 0 Å². The van der Waals surface area contributed by atoms with E-state index in [-0.39, 0.29) is 24.1 Å². The Kier molecular flexibility index (Phi) is 6.21. The minimum atomic E-state index is -0.184. The molecule has 0 aromatic heterocycles. The molecule has 3 nitrogen and oxygen atoms in total. The van der Waals surface area contributed by atoms with Gasteiger partial charge in [0.15, 0.2) is 0 Å². The monoisotopic (exact) mass is 348 g/mol. The van der Waals surface area contributed by atoms with Gasteiger partial charge >= 0.3 is 0 Å². The zero-order valence-electron chi connectivity index (χ0n) is 13.5. The number of hydrogen-bond donors (Lipinski definition) is 1. The molecule has 0 unspecified atom stereocenters. The molecule has 0 saturated carbocycles. The van der Waals surface area contributed by atoms with Crippen LogP contribution in [0.1, 0.15) is 28.8 Å². The molecule has 0 radical (unpaired) electrons. The summed E-state index contributed by atoms with van der Waals surface area (Å²) >= 11 is 0. The zero-order chi connectivity index (χ0) is 16.2. The Balaban J connectivity index is 0.00000208. The Morgan fingerprint density at radius 3 is 2.50 bits per heavy atom. The second-order valence-corrected chi connectivity index (χ2v) is 6.20. The Bertz CT molecular complexity index is 699.